The molecule has 1 heterocycles. The summed E-state index contributed by atoms with van der Waals surface area (Å²) in [7, 11) is 0. The molecule has 1 aliphatic heterocycles. The van der Waals surface area contributed by atoms with Crippen LogP contribution in [-0.2, 0) is 0 Å². The van der Waals surface area contributed by atoms with Crippen molar-refractivity contribution in [2.45, 2.75) is 19.3 Å². The number of rotatable bonds is 0. The molecule has 1 rings (SSSR count). The molecule has 2 nitrogen and oxygen atoms in total. The van der Waals surface area contributed by atoms with Gasteiger partial charge in [-0.2, -0.15) is 0 Å². The number of hydrogen-bond donors (Lipinski definition) is 2. The first-order valence-electron chi connectivity index (χ1n) is 3.46. The lowest BCUT2D eigenvalue weighted by atomic mass is 10.2. The minimum atomic E-state index is 0.969. The fourth-order valence-corrected chi connectivity index (χ4v) is 0.703. The second-order valence-electron chi connectivity index (χ2n) is 2.06. The van der Waals surface area contributed by atoms with Gasteiger partial charge in [0.1, 0.15) is 0 Å². The van der Waals surface area contributed by atoms with Gasteiger partial charge >= 0.3 is 0 Å². The van der Waals surface area contributed by atoms with Crippen molar-refractivity contribution in [3.8, 4) is 23.8 Å². The van der Waals surface area contributed by atoms with Crippen LogP contribution in [0.25, 0.3) is 0 Å². The van der Waals surface area contributed by atoms with Crippen LogP contribution in [0.5, 0.6) is 0 Å². The Hall–Kier alpha value is -1.12. The Balaban J connectivity index is 2.36. The van der Waals surface area contributed by atoms with Gasteiger partial charge in [0.15, 0.2) is 0 Å². The summed E-state index contributed by atoms with van der Waals surface area (Å²) < 4.78 is 0. The lowest BCUT2D eigenvalue weighted by Crippen LogP contribution is -2.28. The van der Waals surface area contributed by atoms with Gasteiger partial charge in [0, 0.05) is 24.9 Å². The van der Waals surface area contributed by atoms with E-state index in [9.17, 15) is 0 Å². The summed E-state index contributed by atoms with van der Waals surface area (Å²) in [4.78, 5) is 0. The van der Waals surface area contributed by atoms with Crippen molar-refractivity contribution in [2.75, 3.05) is 6.54 Å². The second-order valence-corrected chi connectivity index (χ2v) is 2.06. The third-order valence-electron chi connectivity index (χ3n) is 1.22. The highest BCUT2D eigenvalue weighted by Crippen LogP contribution is 1.90. The molecular formula is C8H10N2. The average molecular weight is 134 g/mol. The summed E-state index contributed by atoms with van der Waals surface area (Å²) >= 11 is 0. The maximum Gasteiger partial charge on any atom is 0.0346 e. The number of hydrogen-bond acceptors (Lipinski definition) is 2. The van der Waals surface area contributed by atoms with Crippen molar-refractivity contribution in [3.63, 3.8) is 0 Å². The molecule has 0 bridgehead atoms. The third kappa shape index (κ3) is 3.02. The molecule has 0 fully saturated rings. The van der Waals surface area contributed by atoms with Crippen molar-refractivity contribution in [1.29, 1.82) is 0 Å². The third-order valence-corrected chi connectivity index (χ3v) is 1.22. The average Bonchev–Trinajstić information content (AvgIpc) is 2.01. The molecule has 0 spiro atoms. The molecule has 2 heteroatoms. The van der Waals surface area contributed by atoms with E-state index in [2.05, 4.69) is 34.7 Å². The minimum Gasteiger partial charge on any atom is -0.280 e. The highest BCUT2D eigenvalue weighted by atomic mass is 15.3. The zero-order valence-corrected chi connectivity index (χ0v) is 5.83. The Labute approximate surface area is 61.4 Å². The van der Waals surface area contributed by atoms with Gasteiger partial charge in [0.2, 0.25) is 0 Å². The molecular weight excluding hydrogens is 124 g/mol. The van der Waals surface area contributed by atoms with Gasteiger partial charge in [-0.05, 0) is 18.8 Å². The zero-order chi connectivity index (χ0) is 7.07. The summed E-state index contributed by atoms with van der Waals surface area (Å²) in [5.74, 6) is 8.38. The summed E-state index contributed by atoms with van der Waals surface area (Å²) in [5, 5.41) is 0. The Bertz CT molecular complexity index is 175. The predicted octanol–water partition coefficient (Wildman–Crippen LogP) is 0.229. The van der Waals surface area contributed by atoms with E-state index in [4.69, 9.17) is 0 Å². The Morgan fingerprint density at radius 3 is 3.10 bits per heavy atom. The van der Waals surface area contributed by atoms with Crippen LogP contribution in [0.2, 0.25) is 0 Å². The largest absolute Gasteiger partial charge is 0.280 e. The quantitative estimate of drug-likeness (QED) is 0.463. The number of hydrazine groups is 1. The SMILES string of the molecule is C1#CCCCCNNC#C1. The van der Waals surface area contributed by atoms with E-state index in [0.717, 1.165) is 25.8 Å². The standard InChI is InChI=1S/C8H10N2/c1-2-4-6-8-10-9-7-5-3-1/h9-10H,1,3,5,7H2. The monoisotopic (exact) mass is 134 g/mol. The molecule has 0 atom stereocenters. The molecule has 0 amide bonds. The van der Waals surface area contributed by atoms with E-state index in [1.807, 2.05) is 0 Å². The molecule has 10 heavy (non-hydrogen) atoms. The van der Waals surface area contributed by atoms with Crippen molar-refractivity contribution in [3.05, 3.63) is 0 Å². The van der Waals surface area contributed by atoms with E-state index in [1.54, 1.807) is 0 Å². The van der Waals surface area contributed by atoms with Gasteiger partial charge < -0.3 is 0 Å². The van der Waals surface area contributed by atoms with E-state index in [1.165, 1.54) is 0 Å². The topological polar surface area (TPSA) is 24.1 Å². The summed E-state index contributed by atoms with van der Waals surface area (Å²) in [5.41, 5.74) is 5.70. The molecule has 0 unspecified atom stereocenters. The summed E-state index contributed by atoms with van der Waals surface area (Å²) in [6.45, 7) is 0.969. The minimum absolute atomic E-state index is 0.969. The van der Waals surface area contributed by atoms with Gasteiger partial charge in [0.25, 0.3) is 0 Å². The van der Waals surface area contributed by atoms with Gasteiger partial charge in [-0.25, -0.2) is 5.43 Å². The molecule has 0 aromatic heterocycles. The fraction of sp³-hybridized carbons (Fsp3) is 0.500. The maximum absolute atomic E-state index is 2.96. The summed E-state index contributed by atoms with van der Waals surface area (Å²) in [6, 6.07) is 2.67. The fourth-order valence-electron chi connectivity index (χ4n) is 0.703. The van der Waals surface area contributed by atoms with Crippen LogP contribution in [0.15, 0.2) is 0 Å². The van der Waals surface area contributed by atoms with E-state index in [0.29, 0.717) is 0 Å². The van der Waals surface area contributed by atoms with E-state index in [-0.39, 0.29) is 0 Å². The van der Waals surface area contributed by atoms with Gasteiger partial charge in [-0.1, -0.05) is 5.92 Å². The van der Waals surface area contributed by atoms with Crippen LogP contribution in [0, 0.1) is 23.8 Å². The smallest absolute Gasteiger partial charge is 0.0346 e. The van der Waals surface area contributed by atoms with Crippen LogP contribution in [0.4, 0.5) is 0 Å². The Morgan fingerprint density at radius 2 is 2.10 bits per heavy atom. The molecule has 2 N–H and O–H groups in total. The first kappa shape index (κ1) is 6.99. The molecule has 1 aliphatic rings. The summed E-state index contributed by atoms with van der Waals surface area (Å²) in [6.07, 6.45) is 3.28. The van der Waals surface area contributed by atoms with E-state index < -0.39 is 0 Å². The Kier molecular flexibility index (Phi) is 3.31. The molecule has 0 aromatic rings. The van der Waals surface area contributed by atoms with Gasteiger partial charge in [-0.15, -0.1) is 0 Å². The first-order chi connectivity index (χ1) is 5.00. The van der Waals surface area contributed by atoms with Crippen molar-refractivity contribution in [2.24, 2.45) is 0 Å². The molecule has 0 saturated carbocycles. The van der Waals surface area contributed by atoms with Gasteiger partial charge in [0.05, 0.1) is 0 Å². The van der Waals surface area contributed by atoms with Crippen molar-refractivity contribution >= 4 is 0 Å². The number of nitrogens with one attached hydrogen (secondary N) is 2. The van der Waals surface area contributed by atoms with Crippen LogP contribution in [-0.4, -0.2) is 6.54 Å². The second kappa shape index (κ2) is 4.73. The van der Waals surface area contributed by atoms with Crippen LogP contribution >= 0.6 is 0 Å². The maximum atomic E-state index is 2.96. The Morgan fingerprint density at radius 1 is 1.10 bits per heavy atom. The highest BCUT2D eigenvalue weighted by molar-refractivity contribution is 5.24. The molecule has 0 aliphatic carbocycles. The lowest BCUT2D eigenvalue weighted by molar-refractivity contribution is 0.595. The van der Waals surface area contributed by atoms with Crippen LogP contribution < -0.4 is 10.9 Å². The zero-order valence-electron chi connectivity index (χ0n) is 5.83. The predicted molar refractivity (Wildman–Crippen MR) is 40.5 cm³/mol. The molecule has 0 radical (unpaired) electrons. The van der Waals surface area contributed by atoms with Gasteiger partial charge in [-0.3, -0.25) is 5.43 Å². The molecule has 52 valence electrons. The first-order valence-corrected chi connectivity index (χ1v) is 3.46. The normalized spacial score (nSPS) is 16.8. The molecule has 0 aromatic carbocycles. The lowest BCUT2D eigenvalue weighted by Gasteiger charge is -1.99. The van der Waals surface area contributed by atoms with Crippen molar-refractivity contribution < 1.29 is 0 Å². The molecule has 0 saturated heterocycles. The van der Waals surface area contributed by atoms with Crippen LogP contribution in [0.1, 0.15) is 19.3 Å². The highest BCUT2D eigenvalue weighted by Gasteiger charge is 1.85. The van der Waals surface area contributed by atoms with Crippen molar-refractivity contribution in [1.82, 2.24) is 10.9 Å². The van der Waals surface area contributed by atoms with Crippen LogP contribution in [0.3, 0.4) is 0 Å². The van der Waals surface area contributed by atoms with E-state index >= 15 is 0 Å².